The molecule has 0 spiro atoms. The van der Waals surface area contributed by atoms with Crippen molar-refractivity contribution in [2.75, 3.05) is 18.5 Å². The van der Waals surface area contributed by atoms with E-state index in [9.17, 15) is 13.2 Å². The average molecular weight is 308 g/mol. The van der Waals surface area contributed by atoms with Crippen molar-refractivity contribution >= 4 is 17.3 Å². The molecule has 1 saturated heterocycles. The summed E-state index contributed by atoms with van der Waals surface area (Å²) in [5, 5.41) is 3.07. The van der Waals surface area contributed by atoms with Crippen LogP contribution < -0.4 is 5.32 Å². The molecule has 0 bridgehead atoms. The Morgan fingerprint density at radius 3 is 2.75 bits per heavy atom. The number of anilines is 1. The maximum Gasteiger partial charge on any atom is 0.416 e. The molecule has 1 aliphatic rings. The molecule has 0 saturated carbocycles. The van der Waals surface area contributed by atoms with Gasteiger partial charge in [0.2, 0.25) is 0 Å². The van der Waals surface area contributed by atoms with E-state index in [1.807, 2.05) is 0 Å². The molecule has 1 aromatic rings. The van der Waals surface area contributed by atoms with Gasteiger partial charge in [-0.3, -0.25) is 0 Å². The quantitative estimate of drug-likeness (QED) is 0.794. The lowest BCUT2D eigenvalue weighted by molar-refractivity contribution is -0.137. The zero-order chi connectivity index (χ0) is 14.6. The van der Waals surface area contributed by atoms with Crippen LogP contribution in [0.2, 0.25) is 5.02 Å². The molecule has 1 N–H and O–H groups in total. The van der Waals surface area contributed by atoms with Gasteiger partial charge >= 0.3 is 6.18 Å². The number of ether oxygens (including phenoxy) is 1. The van der Waals surface area contributed by atoms with Crippen LogP contribution >= 0.6 is 11.6 Å². The van der Waals surface area contributed by atoms with Gasteiger partial charge in [0.15, 0.2) is 0 Å². The van der Waals surface area contributed by atoms with Crippen LogP contribution in [0.1, 0.15) is 31.2 Å². The molecule has 0 aliphatic carbocycles. The van der Waals surface area contributed by atoms with Gasteiger partial charge in [0, 0.05) is 23.9 Å². The zero-order valence-corrected chi connectivity index (χ0v) is 11.7. The molecule has 112 valence electrons. The minimum Gasteiger partial charge on any atom is -0.385 e. The summed E-state index contributed by atoms with van der Waals surface area (Å²) in [4.78, 5) is 0. The summed E-state index contributed by atoms with van der Waals surface area (Å²) in [6.45, 7) is 1.43. The Hall–Kier alpha value is -0.940. The largest absolute Gasteiger partial charge is 0.416 e. The minimum absolute atomic E-state index is 0.0847. The molecule has 1 aromatic carbocycles. The van der Waals surface area contributed by atoms with Gasteiger partial charge in [-0.05, 0) is 43.9 Å². The monoisotopic (exact) mass is 307 g/mol. The number of alkyl halides is 3. The minimum atomic E-state index is -4.38. The van der Waals surface area contributed by atoms with Crippen LogP contribution in [0.4, 0.5) is 18.9 Å². The summed E-state index contributed by atoms with van der Waals surface area (Å²) in [7, 11) is 0. The van der Waals surface area contributed by atoms with Crippen LogP contribution in [0.3, 0.4) is 0 Å². The molecular formula is C14H17ClF3NO. The third kappa shape index (κ3) is 4.56. The third-order valence-corrected chi connectivity index (χ3v) is 3.50. The Labute approximate surface area is 121 Å². The topological polar surface area (TPSA) is 21.3 Å². The highest BCUT2D eigenvalue weighted by Gasteiger charge is 2.31. The van der Waals surface area contributed by atoms with E-state index < -0.39 is 11.7 Å². The Morgan fingerprint density at radius 1 is 1.30 bits per heavy atom. The molecule has 20 heavy (non-hydrogen) atoms. The molecule has 2 rings (SSSR count). The van der Waals surface area contributed by atoms with Crippen molar-refractivity contribution in [3.8, 4) is 0 Å². The second-order valence-corrected chi connectivity index (χ2v) is 5.37. The molecule has 1 atom stereocenters. The fourth-order valence-electron chi connectivity index (χ4n) is 2.29. The van der Waals surface area contributed by atoms with Gasteiger partial charge < -0.3 is 10.1 Å². The highest BCUT2D eigenvalue weighted by Crippen LogP contribution is 2.33. The van der Waals surface area contributed by atoms with Gasteiger partial charge in [0.1, 0.15) is 0 Å². The Kier molecular flexibility index (Phi) is 5.16. The first-order valence-corrected chi connectivity index (χ1v) is 7.06. The van der Waals surface area contributed by atoms with Crippen molar-refractivity contribution in [3.05, 3.63) is 28.8 Å². The van der Waals surface area contributed by atoms with Gasteiger partial charge in [-0.1, -0.05) is 11.6 Å². The molecule has 1 fully saturated rings. The molecule has 0 aromatic heterocycles. The maximum atomic E-state index is 12.6. The van der Waals surface area contributed by atoms with Crippen molar-refractivity contribution < 1.29 is 17.9 Å². The fourth-order valence-corrected chi connectivity index (χ4v) is 2.52. The van der Waals surface area contributed by atoms with E-state index in [-0.39, 0.29) is 5.02 Å². The lowest BCUT2D eigenvalue weighted by atomic mass is 10.1. The number of hydrogen-bond donors (Lipinski definition) is 1. The Bertz CT molecular complexity index is 445. The molecular weight excluding hydrogens is 291 g/mol. The van der Waals surface area contributed by atoms with E-state index in [0.717, 1.165) is 44.4 Å². The zero-order valence-electron chi connectivity index (χ0n) is 11.0. The van der Waals surface area contributed by atoms with Gasteiger partial charge in [0.05, 0.1) is 11.7 Å². The highest BCUT2D eigenvalue weighted by molar-refractivity contribution is 6.30. The van der Waals surface area contributed by atoms with Gasteiger partial charge in [-0.15, -0.1) is 0 Å². The number of nitrogens with one attached hydrogen (secondary N) is 1. The van der Waals surface area contributed by atoms with E-state index in [0.29, 0.717) is 18.3 Å². The summed E-state index contributed by atoms with van der Waals surface area (Å²) in [5.74, 6) is 0. The van der Waals surface area contributed by atoms with Crippen molar-refractivity contribution in [2.45, 2.75) is 38.0 Å². The summed E-state index contributed by atoms with van der Waals surface area (Å²) in [5.41, 5.74) is -0.330. The second kappa shape index (κ2) is 6.68. The lowest BCUT2D eigenvalue weighted by Crippen LogP contribution is -2.10. The molecule has 1 unspecified atom stereocenters. The van der Waals surface area contributed by atoms with E-state index in [4.69, 9.17) is 16.3 Å². The van der Waals surface area contributed by atoms with Gasteiger partial charge in [-0.25, -0.2) is 0 Å². The molecule has 0 radical (unpaired) electrons. The van der Waals surface area contributed by atoms with Crippen LogP contribution in [0.15, 0.2) is 18.2 Å². The molecule has 0 amide bonds. The summed E-state index contributed by atoms with van der Waals surface area (Å²) >= 11 is 5.71. The van der Waals surface area contributed by atoms with Crippen LogP contribution in [0.5, 0.6) is 0 Å². The number of rotatable bonds is 5. The van der Waals surface area contributed by atoms with Crippen molar-refractivity contribution in [1.82, 2.24) is 0 Å². The first-order chi connectivity index (χ1) is 9.45. The van der Waals surface area contributed by atoms with Crippen LogP contribution in [-0.2, 0) is 10.9 Å². The highest BCUT2D eigenvalue weighted by atomic mass is 35.5. The fraction of sp³-hybridized carbons (Fsp3) is 0.571. The standard InChI is InChI=1S/C14H17ClF3NO/c15-11-7-10(14(16,17)18)8-12(9-11)19-5-1-3-13-4-2-6-20-13/h7-9,13,19H,1-6H2. The van der Waals surface area contributed by atoms with E-state index in [2.05, 4.69) is 5.32 Å². The molecule has 1 heterocycles. The first kappa shape index (κ1) is 15.4. The van der Waals surface area contributed by atoms with E-state index in [1.165, 1.54) is 6.07 Å². The number of hydrogen-bond acceptors (Lipinski definition) is 2. The maximum absolute atomic E-state index is 12.6. The SMILES string of the molecule is FC(F)(F)c1cc(Cl)cc(NCCCC2CCCO2)c1. The van der Waals surface area contributed by atoms with Gasteiger partial charge in [-0.2, -0.15) is 13.2 Å². The van der Waals surface area contributed by atoms with Crippen LogP contribution in [0, 0.1) is 0 Å². The van der Waals surface area contributed by atoms with Crippen molar-refractivity contribution in [2.24, 2.45) is 0 Å². The molecule has 2 nitrogen and oxygen atoms in total. The van der Waals surface area contributed by atoms with Gasteiger partial charge in [0.25, 0.3) is 0 Å². The van der Waals surface area contributed by atoms with Crippen LogP contribution in [0.25, 0.3) is 0 Å². The Morgan fingerprint density at radius 2 is 2.10 bits per heavy atom. The second-order valence-electron chi connectivity index (χ2n) is 4.93. The molecule has 6 heteroatoms. The predicted molar refractivity (Wildman–Crippen MR) is 73.2 cm³/mol. The average Bonchev–Trinajstić information content (AvgIpc) is 2.86. The number of benzene rings is 1. The summed E-state index contributed by atoms with van der Waals surface area (Å²) in [6.07, 6.45) is -0.101. The Balaban J connectivity index is 1.84. The summed E-state index contributed by atoms with van der Waals surface area (Å²) < 4.78 is 43.4. The predicted octanol–water partition coefficient (Wildman–Crippen LogP) is 4.73. The van der Waals surface area contributed by atoms with Crippen molar-refractivity contribution in [3.63, 3.8) is 0 Å². The van der Waals surface area contributed by atoms with E-state index >= 15 is 0 Å². The smallest absolute Gasteiger partial charge is 0.385 e. The molecule has 1 aliphatic heterocycles. The lowest BCUT2D eigenvalue weighted by Gasteiger charge is -2.13. The third-order valence-electron chi connectivity index (χ3n) is 3.28. The van der Waals surface area contributed by atoms with Crippen molar-refractivity contribution in [1.29, 1.82) is 0 Å². The van der Waals surface area contributed by atoms with E-state index in [1.54, 1.807) is 0 Å². The number of halogens is 4. The normalized spacial score (nSPS) is 19.3. The van der Waals surface area contributed by atoms with Crippen LogP contribution in [-0.4, -0.2) is 19.3 Å². The first-order valence-electron chi connectivity index (χ1n) is 6.68. The summed E-state index contributed by atoms with van der Waals surface area (Å²) in [6, 6.07) is 3.51.